The van der Waals surface area contributed by atoms with Crippen LogP contribution in [-0.2, 0) is 32.7 Å². The van der Waals surface area contributed by atoms with E-state index in [9.17, 15) is 28.1 Å². The normalized spacial score (nSPS) is 11.5. The molecule has 42 heavy (non-hydrogen) atoms. The van der Waals surface area contributed by atoms with E-state index in [2.05, 4.69) is 10.4 Å². The number of hydrogen-bond donors (Lipinski definition) is 2. The molecule has 0 fully saturated rings. The fourth-order valence-corrected chi connectivity index (χ4v) is 5.20. The van der Waals surface area contributed by atoms with Gasteiger partial charge >= 0.3 is 11.8 Å². The summed E-state index contributed by atoms with van der Waals surface area (Å²) in [5.41, 5.74) is 2.74. The van der Waals surface area contributed by atoms with Crippen molar-refractivity contribution >= 4 is 62.6 Å². The second-order valence-corrected chi connectivity index (χ2v) is 11.4. The Bertz CT molecular complexity index is 1720. The molecule has 216 valence electrons. The van der Waals surface area contributed by atoms with Crippen LogP contribution >= 0.6 is 23.2 Å². The van der Waals surface area contributed by atoms with Gasteiger partial charge in [0.15, 0.2) is 0 Å². The molecular weight excluding hydrogens is 609 g/mol. The van der Waals surface area contributed by atoms with Crippen LogP contribution < -0.4 is 10.7 Å². The summed E-state index contributed by atoms with van der Waals surface area (Å²) in [6.07, 6.45) is 1.14. The first kappa shape index (κ1) is 30.4. The molecule has 1 heterocycles. The Kier molecular flexibility index (Phi) is 9.70. The number of halogens is 2. The summed E-state index contributed by atoms with van der Waals surface area (Å²) in [6.45, 7) is -0.113. The van der Waals surface area contributed by atoms with Crippen molar-refractivity contribution in [1.29, 1.82) is 0 Å². The molecule has 0 aliphatic carbocycles. The van der Waals surface area contributed by atoms with Crippen LogP contribution in [0.15, 0.2) is 99.3 Å². The fraction of sp³-hybridized carbons (Fsp3) is 0.0741. The third kappa shape index (κ3) is 8.01. The fourth-order valence-electron chi connectivity index (χ4n) is 3.56. The Morgan fingerprint density at radius 2 is 1.50 bits per heavy atom. The summed E-state index contributed by atoms with van der Waals surface area (Å²) in [4.78, 5) is 34.3. The number of rotatable bonds is 10. The van der Waals surface area contributed by atoms with Gasteiger partial charge in [-0.25, -0.2) is 13.8 Å². The van der Waals surface area contributed by atoms with Crippen molar-refractivity contribution in [2.45, 2.75) is 18.0 Å². The van der Waals surface area contributed by atoms with Gasteiger partial charge in [-0.3, -0.25) is 19.7 Å². The highest BCUT2D eigenvalue weighted by molar-refractivity contribution is 7.89. The molecule has 0 atom stereocenters. The Morgan fingerprint density at radius 3 is 2.12 bits per heavy atom. The minimum absolute atomic E-state index is 0.0200. The van der Waals surface area contributed by atoms with Crippen molar-refractivity contribution in [3.05, 3.63) is 122 Å². The van der Waals surface area contributed by atoms with E-state index in [0.717, 1.165) is 6.21 Å². The molecule has 0 bridgehead atoms. The zero-order valence-electron chi connectivity index (χ0n) is 21.4. The standard InChI is InChI=1S/C27H21Cl2N5O7S/c28-19-3-1-18(2-4-19)16-33(42(39,40)25-13-5-20(29)6-14-25)17-24-12-11-23(41-24)15-30-32-27(36)26(35)31-21-7-9-22(10-8-21)34(37)38/h1-15H,16-17H2,(H,31,35)(H,32,36)/b30-15+. The van der Waals surface area contributed by atoms with Crippen molar-refractivity contribution < 1.29 is 27.3 Å². The van der Waals surface area contributed by atoms with Gasteiger partial charge in [-0.05, 0) is 66.2 Å². The van der Waals surface area contributed by atoms with Crippen molar-refractivity contribution in [3.8, 4) is 0 Å². The monoisotopic (exact) mass is 629 g/mol. The third-order valence-corrected chi connectivity index (χ3v) is 7.95. The number of sulfonamides is 1. The minimum atomic E-state index is -3.97. The molecule has 1 aromatic heterocycles. The van der Waals surface area contributed by atoms with Crippen LogP contribution in [0.3, 0.4) is 0 Å². The van der Waals surface area contributed by atoms with Crippen LogP contribution in [0, 0.1) is 10.1 Å². The largest absolute Gasteiger partial charge is 0.459 e. The van der Waals surface area contributed by atoms with Gasteiger partial charge in [0.1, 0.15) is 11.5 Å². The number of carbonyl (C=O) groups excluding carboxylic acids is 2. The van der Waals surface area contributed by atoms with Gasteiger partial charge in [-0.2, -0.15) is 9.41 Å². The lowest BCUT2D eigenvalue weighted by molar-refractivity contribution is -0.384. The highest BCUT2D eigenvalue weighted by Crippen LogP contribution is 2.24. The van der Waals surface area contributed by atoms with Crippen LogP contribution in [-0.4, -0.2) is 35.7 Å². The molecule has 0 saturated carbocycles. The number of hydrazone groups is 1. The van der Waals surface area contributed by atoms with Gasteiger partial charge in [-0.15, -0.1) is 0 Å². The molecule has 3 aromatic carbocycles. The van der Waals surface area contributed by atoms with Crippen LogP contribution in [0.1, 0.15) is 17.1 Å². The van der Waals surface area contributed by atoms with E-state index >= 15 is 0 Å². The molecule has 4 rings (SSSR count). The Morgan fingerprint density at radius 1 is 0.881 bits per heavy atom. The maximum atomic E-state index is 13.5. The summed E-state index contributed by atoms with van der Waals surface area (Å²) in [6, 6.07) is 20.5. The molecule has 2 N–H and O–H groups in total. The number of amides is 2. The van der Waals surface area contributed by atoms with Gasteiger partial charge in [0.05, 0.1) is 22.6 Å². The number of carbonyl (C=O) groups is 2. The number of hydrogen-bond acceptors (Lipinski definition) is 8. The van der Waals surface area contributed by atoms with Crippen molar-refractivity contribution in [3.63, 3.8) is 0 Å². The van der Waals surface area contributed by atoms with Gasteiger partial charge in [-0.1, -0.05) is 35.3 Å². The number of anilines is 1. The first-order chi connectivity index (χ1) is 20.0. The molecule has 0 saturated heterocycles. The zero-order chi connectivity index (χ0) is 30.3. The second-order valence-electron chi connectivity index (χ2n) is 8.61. The number of nitro benzene ring substituents is 1. The first-order valence-corrected chi connectivity index (χ1v) is 14.2. The van der Waals surface area contributed by atoms with Crippen molar-refractivity contribution in [2.75, 3.05) is 5.32 Å². The quantitative estimate of drug-likeness (QED) is 0.108. The van der Waals surface area contributed by atoms with E-state index in [0.29, 0.717) is 15.6 Å². The maximum absolute atomic E-state index is 13.5. The smallest absolute Gasteiger partial charge is 0.329 e. The highest BCUT2D eigenvalue weighted by Gasteiger charge is 2.26. The summed E-state index contributed by atoms with van der Waals surface area (Å²) < 4.78 is 33.9. The predicted molar refractivity (Wildman–Crippen MR) is 156 cm³/mol. The number of non-ortho nitro benzene ring substituents is 1. The Hall–Kier alpha value is -4.56. The number of nitrogens with one attached hydrogen (secondary N) is 2. The molecule has 0 radical (unpaired) electrons. The van der Waals surface area contributed by atoms with Gasteiger partial charge in [0.2, 0.25) is 10.0 Å². The number of nitrogens with zero attached hydrogens (tertiary/aromatic N) is 3. The lowest BCUT2D eigenvalue weighted by atomic mass is 10.2. The number of nitro groups is 1. The number of benzene rings is 3. The molecule has 0 aliphatic heterocycles. The summed E-state index contributed by atoms with van der Waals surface area (Å²) in [5.74, 6) is -1.69. The van der Waals surface area contributed by atoms with E-state index in [1.165, 1.54) is 58.9 Å². The van der Waals surface area contributed by atoms with Gasteiger partial charge < -0.3 is 9.73 Å². The average Bonchev–Trinajstić information content (AvgIpc) is 3.41. The van der Waals surface area contributed by atoms with Crippen LogP contribution in [0.25, 0.3) is 0 Å². The molecule has 0 aliphatic rings. The third-order valence-electron chi connectivity index (χ3n) is 5.64. The predicted octanol–water partition coefficient (Wildman–Crippen LogP) is 4.97. The molecule has 15 heteroatoms. The number of furan rings is 1. The SMILES string of the molecule is O=C(N/N=C/c1ccc(CN(Cc2ccc(Cl)cc2)S(=O)(=O)c2ccc(Cl)cc2)o1)C(=O)Nc1ccc([N+](=O)[O-])cc1. The molecule has 2 amide bonds. The molecule has 0 spiro atoms. The van der Waals surface area contributed by atoms with E-state index < -0.39 is 26.8 Å². The maximum Gasteiger partial charge on any atom is 0.329 e. The minimum Gasteiger partial charge on any atom is -0.459 e. The van der Waals surface area contributed by atoms with E-state index in [4.69, 9.17) is 27.6 Å². The van der Waals surface area contributed by atoms with E-state index in [1.807, 2.05) is 5.43 Å². The van der Waals surface area contributed by atoms with Crippen LogP contribution in [0.2, 0.25) is 10.0 Å². The molecule has 12 nitrogen and oxygen atoms in total. The van der Waals surface area contributed by atoms with Crippen molar-refractivity contribution in [1.82, 2.24) is 9.73 Å². The van der Waals surface area contributed by atoms with Crippen LogP contribution in [0.4, 0.5) is 11.4 Å². The second kappa shape index (κ2) is 13.4. The summed E-state index contributed by atoms with van der Waals surface area (Å²) >= 11 is 11.9. The Labute approximate surface area is 249 Å². The first-order valence-electron chi connectivity index (χ1n) is 12.0. The summed E-state index contributed by atoms with van der Waals surface area (Å²) in [5, 5.41) is 17.6. The molecule has 0 unspecified atom stereocenters. The van der Waals surface area contributed by atoms with E-state index in [-0.39, 0.29) is 40.9 Å². The molecular formula is C27H21Cl2N5O7S. The van der Waals surface area contributed by atoms with E-state index in [1.54, 1.807) is 30.3 Å². The lowest BCUT2D eigenvalue weighted by Gasteiger charge is -2.21. The topological polar surface area (TPSA) is 164 Å². The average molecular weight is 630 g/mol. The van der Waals surface area contributed by atoms with Gasteiger partial charge in [0, 0.05) is 34.4 Å². The van der Waals surface area contributed by atoms with Crippen molar-refractivity contribution in [2.24, 2.45) is 5.10 Å². The summed E-state index contributed by atoms with van der Waals surface area (Å²) in [7, 11) is -3.97. The highest BCUT2D eigenvalue weighted by atomic mass is 35.5. The Balaban J connectivity index is 1.42. The lowest BCUT2D eigenvalue weighted by Crippen LogP contribution is -2.32. The van der Waals surface area contributed by atoms with Gasteiger partial charge in [0.25, 0.3) is 5.69 Å². The zero-order valence-corrected chi connectivity index (χ0v) is 23.8. The van der Waals surface area contributed by atoms with Crippen LogP contribution in [0.5, 0.6) is 0 Å². The molecule has 4 aromatic rings.